The molecule has 1 fully saturated rings. The highest BCUT2D eigenvalue weighted by molar-refractivity contribution is 6.05. The van der Waals surface area contributed by atoms with Crippen molar-refractivity contribution in [3.63, 3.8) is 0 Å². The number of amides is 1. The van der Waals surface area contributed by atoms with Crippen molar-refractivity contribution in [3.8, 4) is 0 Å². The Morgan fingerprint density at radius 3 is 2.45 bits per heavy atom. The summed E-state index contributed by atoms with van der Waals surface area (Å²) in [7, 11) is 0. The van der Waals surface area contributed by atoms with Gasteiger partial charge >= 0.3 is 5.97 Å². The molecule has 1 saturated heterocycles. The molecule has 3 aromatic rings. The highest BCUT2D eigenvalue weighted by Gasteiger charge is 2.23. The summed E-state index contributed by atoms with van der Waals surface area (Å²) in [5.41, 5.74) is 2.94. The van der Waals surface area contributed by atoms with Crippen molar-refractivity contribution in [2.24, 2.45) is 0 Å². The zero-order chi connectivity index (χ0) is 23.7. The van der Waals surface area contributed by atoms with Gasteiger partial charge in [0.25, 0.3) is 0 Å². The van der Waals surface area contributed by atoms with E-state index in [2.05, 4.69) is 10.1 Å². The molecular weight excluding hydrogens is 420 g/mol. The number of pyridine rings is 1. The Bertz CT molecular complexity index is 1210. The fourth-order valence-electron chi connectivity index (χ4n) is 3.92. The van der Waals surface area contributed by atoms with Gasteiger partial charge in [-0.3, -0.25) is 9.59 Å². The first-order valence-corrected chi connectivity index (χ1v) is 11.2. The van der Waals surface area contributed by atoms with E-state index in [9.17, 15) is 14.4 Å². The molecule has 2 aromatic heterocycles. The van der Waals surface area contributed by atoms with Gasteiger partial charge in [-0.1, -0.05) is 13.8 Å². The zero-order valence-electron chi connectivity index (χ0n) is 19.4. The molecule has 0 spiro atoms. The Hall–Kier alpha value is -3.55. The average Bonchev–Trinajstić information content (AvgIpc) is 3.42. The van der Waals surface area contributed by atoms with Crippen molar-refractivity contribution in [3.05, 3.63) is 53.3 Å². The van der Waals surface area contributed by atoms with Crippen molar-refractivity contribution in [2.45, 2.75) is 52.5 Å². The number of hydrogen-bond donors (Lipinski definition) is 0. The summed E-state index contributed by atoms with van der Waals surface area (Å²) in [6, 6.07) is 8.62. The third-order valence-electron chi connectivity index (χ3n) is 5.80. The van der Waals surface area contributed by atoms with Gasteiger partial charge in [-0.25, -0.2) is 14.5 Å². The standard InChI is InChI=1S/C25H28N4O4/c1-15(2)21-12-19(20-13-26-29(16(3)4)24(20)27-21)25(32)33-14-22(30)17-7-9-18(10-8-17)28-11-5-6-23(28)31/h7-10,12-13,15-16H,5-6,11,14H2,1-4H3. The van der Waals surface area contributed by atoms with Gasteiger partial charge in [0.2, 0.25) is 5.91 Å². The number of anilines is 1. The van der Waals surface area contributed by atoms with E-state index in [4.69, 9.17) is 4.74 Å². The van der Waals surface area contributed by atoms with E-state index in [0.29, 0.717) is 35.1 Å². The maximum atomic E-state index is 12.9. The van der Waals surface area contributed by atoms with Gasteiger partial charge in [0, 0.05) is 36.0 Å². The van der Waals surface area contributed by atoms with Gasteiger partial charge in [-0.05, 0) is 56.5 Å². The minimum Gasteiger partial charge on any atom is -0.454 e. The molecule has 8 nitrogen and oxygen atoms in total. The summed E-state index contributed by atoms with van der Waals surface area (Å²) in [4.78, 5) is 43.8. The number of ketones is 1. The first kappa shape index (κ1) is 22.6. The number of benzene rings is 1. The number of carbonyl (C=O) groups is 3. The summed E-state index contributed by atoms with van der Waals surface area (Å²) in [5, 5.41) is 4.98. The molecule has 0 saturated carbocycles. The van der Waals surface area contributed by atoms with Crippen LogP contribution >= 0.6 is 0 Å². The number of esters is 1. The van der Waals surface area contributed by atoms with E-state index in [1.165, 1.54) is 0 Å². The molecule has 172 valence electrons. The number of nitrogens with zero attached hydrogens (tertiary/aromatic N) is 4. The quantitative estimate of drug-likeness (QED) is 0.395. The molecule has 0 atom stereocenters. The number of fused-ring (bicyclic) bond motifs is 1. The molecule has 1 amide bonds. The van der Waals surface area contributed by atoms with Gasteiger partial charge in [-0.15, -0.1) is 0 Å². The van der Waals surface area contributed by atoms with Crippen LogP contribution in [0.2, 0.25) is 0 Å². The monoisotopic (exact) mass is 448 g/mol. The van der Waals surface area contributed by atoms with Crippen LogP contribution in [0.4, 0.5) is 5.69 Å². The van der Waals surface area contributed by atoms with Crippen LogP contribution < -0.4 is 4.90 Å². The summed E-state index contributed by atoms with van der Waals surface area (Å²) in [6.07, 6.45) is 3.00. The molecule has 1 aromatic carbocycles. The largest absolute Gasteiger partial charge is 0.454 e. The smallest absolute Gasteiger partial charge is 0.339 e. The lowest BCUT2D eigenvalue weighted by Crippen LogP contribution is -2.23. The number of rotatable bonds is 7. The Morgan fingerprint density at radius 1 is 1.12 bits per heavy atom. The molecule has 0 bridgehead atoms. The second-order valence-electron chi connectivity index (χ2n) is 8.86. The van der Waals surface area contributed by atoms with Gasteiger partial charge < -0.3 is 9.64 Å². The van der Waals surface area contributed by atoms with Crippen LogP contribution in [0.25, 0.3) is 11.0 Å². The maximum Gasteiger partial charge on any atom is 0.339 e. The van der Waals surface area contributed by atoms with Crippen LogP contribution in [0.3, 0.4) is 0 Å². The third kappa shape index (κ3) is 4.51. The van der Waals surface area contributed by atoms with Gasteiger partial charge in [0.05, 0.1) is 17.1 Å². The molecule has 4 rings (SSSR count). The SMILES string of the molecule is CC(C)c1cc(C(=O)OCC(=O)c2ccc(N3CCCC3=O)cc2)c2cnn(C(C)C)c2n1. The highest BCUT2D eigenvalue weighted by atomic mass is 16.5. The fourth-order valence-corrected chi connectivity index (χ4v) is 3.92. The van der Waals surface area contributed by atoms with Crippen molar-refractivity contribution < 1.29 is 19.1 Å². The van der Waals surface area contributed by atoms with Gasteiger partial charge in [0.15, 0.2) is 18.0 Å². The number of carbonyl (C=O) groups excluding carboxylic acids is 3. The van der Waals surface area contributed by atoms with E-state index in [-0.39, 0.29) is 30.3 Å². The van der Waals surface area contributed by atoms with Crippen molar-refractivity contribution in [1.29, 1.82) is 0 Å². The Morgan fingerprint density at radius 2 is 1.85 bits per heavy atom. The predicted octanol–water partition coefficient (Wildman–Crippen LogP) is 4.30. The van der Waals surface area contributed by atoms with Crippen LogP contribution in [0.15, 0.2) is 36.5 Å². The van der Waals surface area contributed by atoms with Crippen molar-refractivity contribution in [1.82, 2.24) is 14.8 Å². The molecule has 0 N–H and O–H groups in total. The highest BCUT2D eigenvalue weighted by Crippen LogP contribution is 2.25. The van der Waals surface area contributed by atoms with E-state index in [1.54, 1.807) is 46.1 Å². The lowest BCUT2D eigenvalue weighted by atomic mass is 10.1. The van der Waals surface area contributed by atoms with E-state index in [0.717, 1.165) is 17.8 Å². The molecule has 33 heavy (non-hydrogen) atoms. The van der Waals surface area contributed by atoms with Crippen LogP contribution in [-0.4, -0.2) is 45.6 Å². The van der Waals surface area contributed by atoms with E-state index in [1.807, 2.05) is 27.7 Å². The third-order valence-corrected chi connectivity index (χ3v) is 5.80. The number of Topliss-reactive ketones (excluding diaryl/α,β-unsaturated/α-hetero) is 1. The zero-order valence-corrected chi connectivity index (χ0v) is 19.4. The summed E-state index contributed by atoms with van der Waals surface area (Å²) >= 11 is 0. The summed E-state index contributed by atoms with van der Waals surface area (Å²) in [6.45, 7) is 8.32. The molecule has 0 unspecified atom stereocenters. The van der Waals surface area contributed by atoms with Crippen LogP contribution in [-0.2, 0) is 9.53 Å². The molecule has 3 heterocycles. The summed E-state index contributed by atoms with van der Waals surface area (Å²) in [5.74, 6) is -0.692. The first-order valence-electron chi connectivity index (χ1n) is 11.2. The van der Waals surface area contributed by atoms with Gasteiger partial charge in [-0.2, -0.15) is 5.10 Å². The molecular formula is C25H28N4O4. The number of ether oxygens (including phenoxy) is 1. The molecule has 8 heteroatoms. The Kier molecular flexibility index (Phi) is 6.26. The average molecular weight is 449 g/mol. The summed E-state index contributed by atoms with van der Waals surface area (Å²) < 4.78 is 7.16. The first-order chi connectivity index (χ1) is 15.8. The normalized spacial score (nSPS) is 14.0. The van der Waals surface area contributed by atoms with Crippen LogP contribution in [0, 0.1) is 0 Å². The van der Waals surface area contributed by atoms with Crippen LogP contribution in [0.1, 0.15) is 78.9 Å². The van der Waals surface area contributed by atoms with Crippen molar-refractivity contribution in [2.75, 3.05) is 18.1 Å². The minimum absolute atomic E-state index is 0.0849. The molecule has 0 aliphatic carbocycles. The number of aromatic nitrogens is 3. The maximum absolute atomic E-state index is 12.9. The second-order valence-corrected chi connectivity index (χ2v) is 8.86. The fraction of sp³-hybridized carbons (Fsp3) is 0.400. The van der Waals surface area contributed by atoms with E-state index < -0.39 is 5.97 Å². The molecule has 1 aliphatic rings. The number of hydrogen-bond acceptors (Lipinski definition) is 6. The van der Waals surface area contributed by atoms with Crippen molar-refractivity contribution >= 4 is 34.4 Å². The van der Waals surface area contributed by atoms with E-state index >= 15 is 0 Å². The topological polar surface area (TPSA) is 94.4 Å². The Labute approximate surface area is 192 Å². The lowest BCUT2D eigenvalue weighted by molar-refractivity contribution is -0.117. The lowest BCUT2D eigenvalue weighted by Gasteiger charge is -2.15. The van der Waals surface area contributed by atoms with Gasteiger partial charge in [0.1, 0.15) is 0 Å². The Balaban J connectivity index is 1.50. The predicted molar refractivity (Wildman–Crippen MR) is 125 cm³/mol. The minimum atomic E-state index is -0.583. The second kappa shape index (κ2) is 9.13. The molecule has 0 radical (unpaired) electrons. The van der Waals surface area contributed by atoms with Crippen LogP contribution in [0.5, 0.6) is 0 Å². The molecule has 1 aliphatic heterocycles.